The number of β-amino-alcohol motifs (C(OH)–C–C–N with tert-alkyl or cyclic N) is 1. The first-order valence-corrected chi connectivity index (χ1v) is 6.64. The van der Waals surface area contributed by atoms with Gasteiger partial charge in [-0.2, -0.15) is 13.2 Å². The second kappa shape index (κ2) is 6.45. The van der Waals surface area contributed by atoms with Gasteiger partial charge in [-0.1, -0.05) is 18.2 Å². The Kier molecular flexibility index (Phi) is 4.88. The van der Waals surface area contributed by atoms with E-state index in [1.165, 1.54) is 0 Å². The molecule has 1 aliphatic rings. The minimum absolute atomic E-state index is 0.0247. The minimum atomic E-state index is -4.54. The summed E-state index contributed by atoms with van der Waals surface area (Å²) >= 11 is 0. The monoisotopic (exact) mass is 289 g/mol. The van der Waals surface area contributed by atoms with E-state index in [9.17, 15) is 13.2 Å². The van der Waals surface area contributed by atoms with Crippen LogP contribution in [0, 0.1) is 0 Å². The van der Waals surface area contributed by atoms with Crippen LogP contribution < -0.4 is 4.74 Å². The van der Waals surface area contributed by atoms with Crippen molar-refractivity contribution in [2.75, 3.05) is 19.6 Å². The molecule has 1 saturated heterocycles. The molecule has 1 heterocycles. The van der Waals surface area contributed by atoms with Gasteiger partial charge in [0, 0.05) is 19.6 Å². The number of rotatable bonds is 4. The van der Waals surface area contributed by atoms with Crippen LogP contribution in [0.3, 0.4) is 0 Å². The Bertz CT molecular complexity index is 403. The second-order valence-electron chi connectivity index (χ2n) is 4.99. The van der Waals surface area contributed by atoms with Crippen molar-refractivity contribution in [3.8, 4) is 5.75 Å². The highest BCUT2D eigenvalue weighted by Gasteiger charge is 2.39. The van der Waals surface area contributed by atoms with E-state index in [-0.39, 0.29) is 12.6 Å². The molecule has 1 fully saturated rings. The van der Waals surface area contributed by atoms with Gasteiger partial charge in [0.15, 0.2) is 6.10 Å². The average Bonchev–Trinajstić information content (AvgIpc) is 2.41. The molecule has 2 rings (SSSR count). The molecule has 0 saturated carbocycles. The van der Waals surface area contributed by atoms with Crippen LogP contribution in [0.1, 0.15) is 12.8 Å². The zero-order chi connectivity index (χ0) is 14.6. The molecule has 1 N–H and O–H groups in total. The van der Waals surface area contributed by atoms with E-state index in [1.54, 1.807) is 4.90 Å². The number of piperidine rings is 1. The van der Waals surface area contributed by atoms with Crippen molar-refractivity contribution in [1.82, 2.24) is 4.90 Å². The van der Waals surface area contributed by atoms with E-state index in [0.717, 1.165) is 5.75 Å². The van der Waals surface area contributed by atoms with Crippen LogP contribution in [0.25, 0.3) is 0 Å². The van der Waals surface area contributed by atoms with E-state index in [4.69, 9.17) is 9.84 Å². The van der Waals surface area contributed by atoms with Crippen molar-refractivity contribution < 1.29 is 23.0 Å². The Hall–Kier alpha value is -1.27. The summed E-state index contributed by atoms with van der Waals surface area (Å²) in [5.41, 5.74) is 0. The molecule has 1 aromatic rings. The standard InChI is InChI=1S/C14H18F3NO2/c15-14(16,17)13(19)10-18-8-6-12(7-9-18)20-11-4-2-1-3-5-11/h1-5,12-13,19H,6-10H2. The Labute approximate surface area is 116 Å². The largest absolute Gasteiger partial charge is 0.490 e. The van der Waals surface area contributed by atoms with Gasteiger partial charge < -0.3 is 14.7 Å². The summed E-state index contributed by atoms with van der Waals surface area (Å²) in [5, 5.41) is 9.04. The van der Waals surface area contributed by atoms with Gasteiger partial charge in [-0.3, -0.25) is 0 Å². The van der Waals surface area contributed by atoms with Gasteiger partial charge in [-0.25, -0.2) is 0 Å². The number of para-hydroxylation sites is 1. The molecule has 0 amide bonds. The van der Waals surface area contributed by atoms with Crippen molar-refractivity contribution in [3.05, 3.63) is 30.3 Å². The fourth-order valence-electron chi connectivity index (χ4n) is 2.25. The number of benzene rings is 1. The van der Waals surface area contributed by atoms with Gasteiger partial charge >= 0.3 is 6.18 Å². The van der Waals surface area contributed by atoms with E-state index in [0.29, 0.717) is 25.9 Å². The fourth-order valence-corrected chi connectivity index (χ4v) is 2.25. The zero-order valence-corrected chi connectivity index (χ0v) is 11.0. The van der Waals surface area contributed by atoms with Gasteiger partial charge in [-0.05, 0) is 25.0 Å². The van der Waals surface area contributed by atoms with Crippen molar-refractivity contribution in [1.29, 1.82) is 0 Å². The maximum absolute atomic E-state index is 12.3. The lowest BCUT2D eigenvalue weighted by Gasteiger charge is -2.33. The summed E-state index contributed by atoms with van der Waals surface area (Å²) in [7, 11) is 0. The summed E-state index contributed by atoms with van der Waals surface area (Å²) in [5.74, 6) is 0.779. The molecular formula is C14H18F3NO2. The number of likely N-dealkylation sites (tertiary alicyclic amines) is 1. The summed E-state index contributed by atoms with van der Waals surface area (Å²) in [6, 6.07) is 9.38. The first-order chi connectivity index (χ1) is 9.45. The van der Waals surface area contributed by atoms with Gasteiger partial charge in [0.25, 0.3) is 0 Å². The van der Waals surface area contributed by atoms with Crippen LogP contribution in [0.15, 0.2) is 30.3 Å². The van der Waals surface area contributed by atoms with E-state index in [1.807, 2.05) is 30.3 Å². The summed E-state index contributed by atoms with van der Waals surface area (Å²) in [4.78, 5) is 1.63. The Morgan fingerprint density at radius 3 is 2.35 bits per heavy atom. The smallest absolute Gasteiger partial charge is 0.415 e. The number of hydrogen-bond acceptors (Lipinski definition) is 3. The fraction of sp³-hybridized carbons (Fsp3) is 0.571. The highest BCUT2D eigenvalue weighted by molar-refractivity contribution is 5.21. The van der Waals surface area contributed by atoms with Gasteiger partial charge in [0.1, 0.15) is 11.9 Å². The highest BCUT2D eigenvalue weighted by Crippen LogP contribution is 2.23. The zero-order valence-electron chi connectivity index (χ0n) is 11.0. The predicted octanol–water partition coefficient (Wildman–Crippen LogP) is 2.45. The SMILES string of the molecule is OC(CN1CCC(Oc2ccccc2)CC1)C(F)(F)F. The first kappa shape index (κ1) is 15.1. The summed E-state index contributed by atoms with van der Waals surface area (Å²) < 4.78 is 42.6. The van der Waals surface area contributed by atoms with Gasteiger partial charge in [0.2, 0.25) is 0 Å². The summed E-state index contributed by atoms with van der Waals surface area (Å²) in [6.45, 7) is 0.650. The normalized spacial score (nSPS) is 19.8. The Morgan fingerprint density at radius 1 is 1.20 bits per heavy atom. The van der Waals surface area contributed by atoms with Crippen LogP contribution in [0.5, 0.6) is 5.75 Å². The predicted molar refractivity (Wildman–Crippen MR) is 68.6 cm³/mol. The molecule has 0 aliphatic carbocycles. The third kappa shape index (κ3) is 4.38. The van der Waals surface area contributed by atoms with Crippen LogP contribution in [0.4, 0.5) is 13.2 Å². The number of ether oxygens (including phenoxy) is 1. The van der Waals surface area contributed by atoms with Crippen LogP contribution in [0.2, 0.25) is 0 Å². The van der Waals surface area contributed by atoms with E-state index < -0.39 is 12.3 Å². The lowest BCUT2D eigenvalue weighted by molar-refractivity contribution is -0.208. The molecule has 6 heteroatoms. The topological polar surface area (TPSA) is 32.7 Å². The molecule has 0 aromatic heterocycles. The molecule has 1 aliphatic heterocycles. The van der Waals surface area contributed by atoms with E-state index >= 15 is 0 Å². The minimum Gasteiger partial charge on any atom is -0.490 e. The molecule has 20 heavy (non-hydrogen) atoms. The molecule has 0 bridgehead atoms. The molecular weight excluding hydrogens is 271 g/mol. The maximum Gasteiger partial charge on any atom is 0.415 e. The lowest BCUT2D eigenvalue weighted by atomic mass is 10.1. The van der Waals surface area contributed by atoms with E-state index in [2.05, 4.69) is 0 Å². The number of nitrogens with zero attached hydrogens (tertiary/aromatic N) is 1. The number of halogens is 3. The van der Waals surface area contributed by atoms with Crippen molar-refractivity contribution in [2.45, 2.75) is 31.2 Å². The first-order valence-electron chi connectivity index (χ1n) is 6.64. The van der Waals surface area contributed by atoms with Crippen LogP contribution in [-0.2, 0) is 0 Å². The van der Waals surface area contributed by atoms with Crippen molar-refractivity contribution >= 4 is 0 Å². The Morgan fingerprint density at radius 2 is 1.80 bits per heavy atom. The van der Waals surface area contributed by atoms with Crippen molar-refractivity contribution in [2.24, 2.45) is 0 Å². The van der Waals surface area contributed by atoms with Crippen molar-refractivity contribution in [3.63, 3.8) is 0 Å². The molecule has 1 atom stereocenters. The molecule has 112 valence electrons. The summed E-state index contributed by atoms with van der Waals surface area (Å²) in [6.07, 6.45) is -5.46. The molecule has 1 aromatic carbocycles. The van der Waals surface area contributed by atoms with Crippen LogP contribution in [-0.4, -0.2) is 48.0 Å². The quantitative estimate of drug-likeness (QED) is 0.924. The van der Waals surface area contributed by atoms with Gasteiger partial charge in [0.05, 0.1) is 0 Å². The number of aliphatic hydroxyl groups is 1. The number of alkyl halides is 3. The van der Waals surface area contributed by atoms with Gasteiger partial charge in [-0.15, -0.1) is 0 Å². The molecule has 0 spiro atoms. The lowest BCUT2D eigenvalue weighted by Crippen LogP contribution is -2.45. The Balaban J connectivity index is 1.75. The highest BCUT2D eigenvalue weighted by atomic mass is 19.4. The number of aliphatic hydroxyl groups excluding tert-OH is 1. The maximum atomic E-state index is 12.3. The molecule has 3 nitrogen and oxygen atoms in total. The third-order valence-corrected chi connectivity index (χ3v) is 3.39. The molecule has 1 unspecified atom stereocenters. The van der Waals surface area contributed by atoms with Crippen LogP contribution >= 0.6 is 0 Å². The third-order valence-electron chi connectivity index (χ3n) is 3.39. The average molecular weight is 289 g/mol. The second-order valence-corrected chi connectivity index (χ2v) is 4.99. The number of hydrogen-bond donors (Lipinski definition) is 1. The molecule has 0 radical (unpaired) electrons.